The van der Waals surface area contributed by atoms with E-state index in [4.69, 9.17) is 4.74 Å². The summed E-state index contributed by atoms with van der Waals surface area (Å²) in [5.41, 5.74) is 0.711. The number of nitrogens with one attached hydrogen (secondary N) is 2. The van der Waals surface area contributed by atoms with Crippen LogP contribution in [0.25, 0.3) is 10.8 Å². The molecule has 0 aliphatic carbocycles. The number of rotatable bonds is 9. The minimum atomic E-state index is -1.01. The first kappa shape index (κ1) is 31.0. The standard InChI is InChI=1S/C32H41N3O4S/c1-8-32(6,7)35(29(37)26(20-40)34-30(38)39-31(3,4)5)27(25-16-12-9-13-21(25)2)28(36)33-24-18-17-22-14-10-11-15-23(22)19-24/h9-19,26-27,40H,8,20H2,1-7H3,(H,33,36)(H,34,38). The summed E-state index contributed by atoms with van der Waals surface area (Å²) >= 11 is 4.38. The van der Waals surface area contributed by atoms with Gasteiger partial charge in [0.25, 0.3) is 5.91 Å². The van der Waals surface area contributed by atoms with Crippen LogP contribution < -0.4 is 10.6 Å². The summed E-state index contributed by atoms with van der Waals surface area (Å²) in [5.74, 6) is -0.745. The first-order valence-corrected chi connectivity index (χ1v) is 14.2. The molecule has 0 fully saturated rings. The largest absolute Gasteiger partial charge is 0.444 e. The molecule has 0 aliphatic rings. The minimum Gasteiger partial charge on any atom is -0.444 e. The Balaban J connectivity index is 2.07. The van der Waals surface area contributed by atoms with E-state index in [1.165, 1.54) is 0 Å². The zero-order valence-electron chi connectivity index (χ0n) is 24.4. The fraction of sp³-hybridized carbons (Fsp3) is 0.406. The number of nitrogens with zero attached hydrogens (tertiary/aromatic N) is 1. The van der Waals surface area contributed by atoms with Crippen LogP contribution in [-0.4, -0.2) is 45.7 Å². The number of hydrogen-bond donors (Lipinski definition) is 3. The SMILES string of the molecule is CCC(C)(C)N(C(=O)C(CS)NC(=O)OC(C)(C)C)C(C(=O)Nc1ccc2ccccc2c1)c1ccccc1C. The molecule has 0 heterocycles. The number of alkyl carbamates (subject to hydrolysis) is 1. The van der Waals surface area contributed by atoms with Gasteiger partial charge in [-0.25, -0.2) is 4.79 Å². The van der Waals surface area contributed by atoms with Crippen LogP contribution in [0.2, 0.25) is 0 Å². The zero-order valence-corrected chi connectivity index (χ0v) is 25.3. The summed E-state index contributed by atoms with van der Waals surface area (Å²) in [5, 5.41) is 7.78. The van der Waals surface area contributed by atoms with Crippen LogP contribution in [0.5, 0.6) is 0 Å². The van der Waals surface area contributed by atoms with Crippen LogP contribution in [0.3, 0.4) is 0 Å². The summed E-state index contributed by atoms with van der Waals surface area (Å²) in [4.78, 5) is 42.7. The molecule has 40 heavy (non-hydrogen) atoms. The average molecular weight is 564 g/mol. The van der Waals surface area contributed by atoms with E-state index in [9.17, 15) is 14.4 Å². The molecule has 0 radical (unpaired) electrons. The van der Waals surface area contributed by atoms with Gasteiger partial charge in [-0.1, -0.05) is 61.5 Å². The molecule has 0 aromatic heterocycles. The monoisotopic (exact) mass is 563 g/mol. The molecule has 0 saturated carbocycles. The van der Waals surface area contributed by atoms with Gasteiger partial charge in [0.15, 0.2) is 0 Å². The van der Waals surface area contributed by atoms with Gasteiger partial charge in [0, 0.05) is 17.0 Å². The minimum absolute atomic E-state index is 0.0289. The smallest absolute Gasteiger partial charge is 0.408 e. The highest BCUT2D eigenvalue weighted by molar-refractivity contribution is 7.80. The molecule has 2 unspecified atom stereocenters. The van der Waals surface area contributed by atoms with Gasteiger partial charge in [-0.05, 0) is 82.0 Å². The molecule has 2 N–H and O–H groups in total. The second kappa shape index (κ2) is 12.8. The molecule has 0 saturated heterocycles. The molecular formula is C32H41N3O4S. The van der Waals surface area contributed by atoms with Crippen molar-refractivity contribution in [3.05, 3.63) is 77.9 Å². The maximum atomic E-state index is 14.3. The van der Waals surface area contributed by atoms with Crippen LogP contribution in [-0.2, 0) is 14.3 Å². The Morgan fingerprint density at radius 2 is 1.55 bits per heavy atom. The Hall–Kier alpha value is -3.52. The van der Waals surface area contributed by atoms with E-state index in [0.717, 1.165) is 16.3 Å². The van der Waals surface area contributed by atoms with Crippen molar-refractivity contribution >= 4 is 47.0 Å². The third-order valence-corrected chi connectivity index (χ3v) is 7.30. The topological polar surface area (TPSA) is 87.7 Å². The summed E-state index contributed by atoms with van der Waals surface area (Å²) in [6.45, 7) is 13.0. The average Bonchev–Trinajstić information content (AvgIpc) is 2.89. The summed E-state index contributed by atoms with van der Waals surface area (Å²) in [7, 11) is 0. The van der Waals surface area contributed by atoms with Gasteiger partial charge in [-0.15, -0.1) is 0 Å². The quantitative estimate of drug-likeness (QED) is 0.254. The van der Waals surface area contributed by atoms with E-state index in [-0.39, 0.29) is 11.7 Å². The molecule has 3 amide bonds. The molecule has 3 rings (SSSR count). The molecule has 8 heteroatoms. The van der Waals surface area contributed by atoms with Crippen molar-refractivity contribution < 1.29 is 19.1 Å². The molecule has 2 atom stereocenters. The lowest BCUT2D eigenvalue weighted by Gasteiger charge is -2.44. The number of aryl methyl sites for hydroxylation is 1. The first-order chi connectivity index (χ1) is 18.8. The van der Waals surface area contributed by atoms with Gasteiger partial charge in [-0.3, -0.25) is 9.59 Å². The van der Waals surface area contributed by atoms with E-state index >= 15 is 0 Å². The van der Waals surface area contributed by atoms with Crippen molar-refractivity contribution in [3.8, 4) is 0 Å². The van der Waals surface area contributed by atoms with Crippen LogP contribution in [0.15, 0.2) is 66.7 Å². The number of ether oxygens (including phenoxy) is 1. The highest BCUT2D eigenvalue weighted by atomic mass is 32.1. The van der Waals surface area contributed by atoms with Crippen molar-refractivity contribution in [1.82, 2.24) is 10.2 Å². The lowest BCUT2D eigenvalue weighted by Crippen LogP contribution is -2.59. The van der Waals surface area contributed by atoms with Crippen molar-refractivity contribution in [2.45, 2.75) is 78.1 Å². The van der Waals surface area contributed by atoms with Crippen LogP contribution in [0.4, 0.5) is 10.5 Å². The van der Waals surface area contributed by atoms with Crippen LogP contribution in [0, 0.1) is 6.92 Å². The molecule has 0 spiro atoms. The van der Waals surface area contributed by atoms with E-state index in [1.807, 2.05) is 94.4 Å². The predicted octanol–water partition coefficient (Wildman–Crippen LogP) is 6.67. The molecule has 7 nitrogen and oxygen atoms in total. The molecule has 0 bridgehead atoms. The van der Waals surface area contributed by atoms with E-state index in [2.05, 4.69) is 23.3 Å². The summed E-state index contributed by atoms with van der Waals surface area (Å²) < 4.78 is 5.40. The third kappa shape index (κ3) is 7.56. The van der Waals surface area contributed by atoms with Crippen molar-refractivity contribution in [2.75, 3.05) is 11.1 Å². The number of hydrogen-bond acceptors (Lipinski definition) is 5. The summed E-state index contributed by atoms with van der Waals surface area (Å²) in [6.07, 6.45) is -0.155. The van der Waals surface area contributed by atoms with Gasteiger partial charge in [-0.2, -0.15) is 12.6 Å². The van der Waals surface area contributed by atoms with E-state index < -0.39 is 35.2 Å². The zero-order chi connectivity index (χ0) is 29.7. The lowest BCUT2D eigenvalue weighted by atomic mass is 9.90. The van der Waals surface area contributed by atoms with Crippen molar-refractivity contribution in [2.24, 2.45) is 0 Å². The Labute approximate surface area is 243 Å². The number of benzene rings is 3. The van der Waals surface area contributed by atoms with Gasteiger partial charge in [0.05, 0.1) is 0 Å². The van der Waals surface area contributed by atoms with Crippen LogP contribution in [0.1, 0.15) is 65.1 Å². The Morgan fingerprint density at radius 3 is 2.15 bits per heavy atom. The number of thiol groups is 1. The number of anilines is 1. The van der Waals surface area contributed by atoms with Gasteiger partial charge < -0.3 is 20.3 Å². The highest BCUT2D eigenvalue weighted by Crippen LogP contribution is 2.34. The molecule has 214 valence electrons. The maximum Gasteiger partial charge on any atom is 0.408 e. The van der Waals surface area contributed by atoms with Crippen molar-refractivity contribution in [1.29, 1.82) is 0 Å². The Kier molecular flexibility index (Phi) is 9.90. The number of amides is 3. The van der Waals surface area contributed by atoms with Gasteiger partial charge >= 0.3 is 6.09 Å². The molecular weight excluding hydrogens is 522 g/mol. The molecule has 3 aromatic rings. The summed E-state index contributed by atoms with van der Waals surface area (Å²) in [6, 6.07) is 19.2. The third-order valence-electron chi connectivity index (χ3n) is 6.93. The fourth-order valence-corrected chi connectivity index (χ4v) is 4.76. The molecule has 0 aliphatic heterocycles. The highest BCUT2D eigenvalue weighted by Gasteiger charge is 2.43. The number of fused-ring (bicyclic) bond motifs is 1. The second-order valence-corrected chi connectivity index (χ2v) is 11.9. The van der Waals surface area contributed by atoms with E-state index in [0.29, 0.717) is 17.7 Å². The Morgan fingerprint density at radius 1 is 0.925 bits per heavy atom. The number of carbonyl (C=O) groups excluding carboxylic acids is 3. The first-order valence-electron chi connectivity index (χ1n) is 13.6. The van der Waals surface area contributed by atoms with Gasteiger partial charge in [0.1, 0.15) is 17.7 Å². The predicted molar refractivity (Wildman–Crippen MR) is 165 cm³/mol. The number of carbonyl (C=O) groups is 3. The maximum absolute atomic E-state index is 14.3. The van der Waals surface area contributed by atoms with E-state index in [1.54, 1.807) is 25.7 Å². The lowest BCUT2D eigenvalue weighted by molar-refractivity contribution is -0.147. The fourth-order valence-electron chi connectivity index (χ4n) is 4.52. The normalized spacial score (nSPS) is 13.3. The Bertz CT molecular complexity index is 1370. The second-order valence-electron chi connectivity index (χ2n) is 11.6. The van der Waals surface area contributed by atoms with Crippen LogP contribution >= 0.6 is 12.6 Å². The van der Waals surface area contributed by atoms with Crippen molar-refractivity contribution in [3.63, 3.8) is 0 Å². The van der Waals surface area contributed by atoms with Gasteiger partial charge in [0.2, 0.25) is 5.91 Å². The molecule has 3 aromatic carbocycles.